The third-order valence-electron chi connectivity index (χ3n) is 5.02. The highest BCUT2D eigenvalue weighted by Gasteiger charge is 2.63. The van der Waals surface area contributed by atoms with E-state index in [1.807, 2.05) is 6.07 Å². The summed E-state index contributed by atoms with van der Waals surface area (Å²) in [6.07, 6.45) is -0.210. The van der Waals surface area contributed by atoms with E-state index in [0.29, 0.717) is 11.2 Å². The van der Waals surface area contributed by atoms with Gasteiger partial charge < -0.3 is 30.2 Å². The van der Waals surface area contributed by atoms with E-state index in [9.17, 15) is 15.5 Å². The molecule has 0 spiro atoms. The number of imidazole rings is 1. The number of rotatable bonds is 4. The van der Waals surface area contributed by atoms with Gasteiger partial charge in [-0.25, -0.2) is 15.0 Å². The third-order valence-corrected chi connectivity index (χ3v) is 5.02. The van der Waals surface area contributed by atoms with Gasteiger partial charge in [-0.05, 0) is 13.8 Å². The Kier molecular flexibility index (Phi) is 4.06. The lowest BCUT2D eigenvalue weighted by atomic mass is 9.95. The topological polar surface area (TPSA) is 162 Å². The largest absolute Gasteiger partial charge is 0.394 e. The molecule has 0 amide bonds. The average molecular weight is 376 g/mol. The molecule has 5 atom stereocenters. The van der Waals surface area contributed by atoms with Crippen molar-refractivity contribution in [1.29, 1.82) is 5.26 Å². The van der Waals surface area contributed by atoms with Crippen molar-refractivity contribution in [3.05, 3.63) is 12.7 Å². The second-order valence-corrected chi connectivity index (χ2v) is 7.14. The molecule has 0 bridgehead atoms. The van der Waals surface area contributed by atoms with Crippen LogP contribution in [0, 0.1) is 11.3 Å². The fraction of sp³-hybridized carbons (Fsp3) is 0.625. The maximum Gasteiger partial charge on any atom is 0.211 e. The summed E-state index contributed by atoms with van der Waals surface area (Å²) in [5.41, 5.74) is 5.23. The standard InChI is InChI=1S/C16H20N6O5/c1-15(2,24)16(3-4-17)26-10-8(5-23)25-14(11(10)27-16)22-7-21-9-12(18)19-6-20-13(9)22/h6-8,10-11,14,23-24H,3,5H2,1-2H3,(H2,18,19,20)/t8-,10?,11?,14-,16?/m1/s1. The van der Waals surface area contributed by atoms with Gasteiger partial charge in [0.2, 0.25) is 5.79 Å². The van der Waals surface area contributed by atoms with Gasteiger partial charge in [0, 0.05) is 0 Å². The third kappa shape index (κ3) is 2.57. The molecule has 3 unspecified atom stereocenters. The number of nitrogen functional groups attached to an aromatic ring is 1. The number of nitriles is 1. The molecule has 2 aromatic heterocycles. The molecule has 2 saturated heterocycles. The Labute approximate surface area is 154 Å². The average Bonchev–Trinajstić information content (AvgIpc) is 3.27. The number of aliphatic hydroxyl groups excluding tert-OH is 1. The number of hydrogen-bond acceptors (Lipinski definition) is 10. The minimum absolute atomic E-state index is 0.186. The molecule has 11 heteroatoms. The van der Waals surface area contributed by atoms with Crippen molar-refractivity contribution in [3.8, 4) is 6.07 Å². The molecule has 0 aliphatic carbocycles. The number of anilines is 1. The lowest BCUT2D eigenvalue weighted by molar-refractivity contribution is -0.288. The van der Waals surface area contributed by atoms with Crippen LogP contribution in [-0.4, -0.2) is 66.0 Å². The first-order valence-corrected chi connectivity index (χ1v) is 8.45. The van der Waals surface area contributed by atoms with Crippen LogP contribution in [0.25, 0.3) is 11.2 Å². The minimum Gasteiger partial charge on any atom is -0.394 e. The lowest BCUT2D eigenvalue weighted by Gasteiger charge is -2.38. The molecule has 4 heterocycles. The molecule has 11 nitrogen and oxygen atoms in total. The monoisotopic (exact) mass is 376 g/mol. The quantitative estimate of drug-likeness (QED) is 0.632. The van der Waals surface area contributed by atoms with Crippen molar-refractivity contribution in [2.24, 2.45) is 0 Å². The Morgan fingerprint density at radius 2 is 2.07 bits per heavy atom. The predicted octanol–water partition coefficient (Wildman–Crippen LogP) is -0.537. The van der Waals surface area contributed by atoms with E-state index in [1.54, 1.807) is 4.57 Å². The van der Waals surface area contributed by atoms with Crippen LogP contribution in [0.5, 0.6) is 0 Å². The van der Waals surface area contributed by atoms with E-state index in [4.69, 9.17) is 19.9 Å². The molecule has 144 valence electrons. The van der Waals surface area contributed by atoms with Gasteiger partial charge in [-0.1, -0.05) is 0 Å². The fourth-order valence-corrected chi connectivity index (χ4v) is 3.56. The second-order valence-electron chi connectivity index (χ2n) is 7.14. The molecule has 2 aliphatic heterocycles. The SMILES string of the molecule is CC(C)(O)C1(CC#N)OC2C(O1)[C@@H](CO)O[C@H]2n1cnc2c(N)ncnc21. The van der Waals surface area contributed by atoms with E-state index < -0.39 is 35.9 Å². The predicted molar refractivity (Wildman–Crippen MR) is 89.7 cm³/mol. The summed E-state index contributed by atoms with van der Waals surface area (Å²) in [5.74, 6) is -1.32. The molecular formula is C16H20N6O5. The van der Waals surface area contributed by atoms with Crippen LogP contribution in [0.3, 0.4) is 0 Å². The molecule has 0 radical (unpaired) electrons. The van der Waals surface area contributed by atoms with Crippen LogP contribution in [0.15, 0.2) is 12.7 Å². The minimum atomic E-state index is -1.54. The van der Waals surface area contributed by atoms with Gasteiger partial charge in [-0.3, -0.25) is 4.57 Å². The van der Waals surface area contributed by atoms with Gasteiger partial charge in [0.15, 0.2) is 17.7 Å². The number of nitrogens with zero attached hydrogens (tertiary/aromatic N) is 5. The van der Waals surface area contributed by atoms with Crippen molar-refractivity contribution >= 4 is 17.0 Å². The first kappa shape index (κ1) is 18.0. The highest BCUT2D eigenvalue weighted by atomic mass is 16.8. The number of aromatic nitrogens is 4. The number of fused-ring (bicyclic) bond motifs is 2. The van der Waals surface area contributed by atoms with Gasteiger partial charge in [0.1, 0.15) is 35.8 Å². The van der Waals surface area contributed by atoms with Gasteiger partial charge in [0.25, 0.3) is 0 Å². The number of ether oxygens (including phenoxy) is 3. The van der Waals surface area contributed by atoms with E-state index in [-0.39, 0.29) is 18.8 Å². The number of nitrogens with two attached hydrogens (primary N) is 1. The molecule has 4 rings (SSSR count). The summed E-state index contributed by atoms with van der Waals surface area (Å²) in [6.45, 7) is 2.70. The van der Waals surface area contributed by atoms with Gasteiger partial charge in [-0.15, -0.1) is 0 Å². The van der Waals surface area contributed by atoms with Crippen molar-refractivity contribution in [3.63, 3.8) is 0 Å². The second kappa shape index (κ2) is 6.08. The van der Waals surface area contributed by atoms with Crippen molar-refractivity contribution in [1.82, 2.24) is 19.5 Å². The highest BCUT2D eigenvalue weighted by molar-refractivity contribution is 5.81. The number of hydrogen-bond donors (Lipinski definition) is 3. The summed E-state index contributed by atoms with van der Waals surface area (Å²) in [5, 5.41) is 29.5. The van der Waals surface area contributed by atoms with E-state index >= 15 is 0 Å². The zero-order valence-electron chi connectivity index (χ0n) is 14.8. The molecule has 2 fully saturated rings. The summed E-state index contributed by atoms with van der Waals surface area (Å²) in [4.78, 5) is 12.3. The van der Waals surface area contributed by atoms with Gasteiger partial charge in [-0.2, -0.15) is 5.26 Å². The van der Waals surface area contributed by atoms with Crippen molar-refractivity contribution < 1.29 is 24.4 Å². The normalized spacial score (nSPS) is 33.3. The molecular weight excluding hydrogens is 356 g/mol. The molecule has 4 N–H and O–H groups in total. The van der Waals surface area contributed by atoms with Crippen LogP contribution in [0.4, 0.5) is 5.82 Å². The summed E-state index contributed by atoms with van der Waals surface area (Å²) in [6, 6.07) is 2.00. The van der Waals surface area contributed by atoms with Crippen LogP contribution in [0.2, 0.25) is 0 Å². The Balaban J connectivity index is 1.76. The fourth-order valence-electron chi connectivity index (χ4n) is 3.56. The summed E-state index contributed by atoms with van der Waals surface area (Å²) in [7, 11) is 0. The van der Waals surface area contributed by atoms with E-state index in [0.717, 1.165) is 0 Å². The molecule has 2 aromatic rings. The highest BCUT2D eigenvalue weighted by Crippen LogP contribution is 2.48. The first-order valence-electron chi connectivity index (χ1n) is 8.45. The van der Waals surface area contributed by atoms with E-state index in [2.05, 4.69) is 15.0 Å². The first-order chi connectivity index (χ1) is 12.8. The zero-order chi connectivity index (χ0) is 19.4. The Hall–Kier alpha value is -2.36. The lowest BCUT2D eigenvalue weighted by Crippen LogP contribution is -2.52. The molecule has 0 aromatic carbocycles. The van der Waals surface area contributed by atoms with Crippen LogP contribution < -0.4 is 5.73 Å². The Morgan fingerprint density at radius 3 is 2.74 bits per heavy atom. The Morgan fingerprint density at radius 1 is 1.33 bits per heavy atom. The van der Waals surface area contributed by atoms with Gasteiger partial charge in [0.05, 0.1) is 25.4 Å². The molecule has 2 aliphatic rings. The van der Waals surface area contributed by atoms with Crippen molar-refractivity contribution in [2.75, 3.05) is 12.3 Å². The van der Waals surface area contributed by atoms with Crippen LogP contribution >= 0.6 is 0 Å². The van der Waals surface area contributed by atoms with Crippen LogP contribution in [-0.2, 0) is 14.2 Å². The zero-order valence-corrected chi connectivity index (χ0v) is 14.8. The number of aliphatic hydroxyl groups is 2. The van der Waals surface area contributed by atoms with Crippen LogP contribution in [0.1, 0.15) is 26.5 Å². The molecule has 0 saturated carbocycles. The maximum atomic E-state index is 10.6. The molecule has 27 heavy (non-hydrogen) atoms. The summed E-state index contributed by atoms with van der Waals surface area (Å²) >= 11 is 0. The van der Waals surface area contributed by atoms with Crippen molar-refractivity contribution in [2.45, 2.75) is 56.2 Å². The Bertz CT molecular complexity index is 905. The van der Waals surface area contributed by atoms with E-state index in [1.165, 1.54) is 26.5 Å². The smallest absolute Gasteiger partial charge is 0.211 e. The summed E-state index contributed by atoms with van der Waals surface area (Å²) < 4.78 is 19.6. The van der Waals surface area contributed by atoms with Gasteiger partial charge >= 0.3 is 0 Å². The maximum absolute atomic E-state index is 10.6.